The maximum Gasteiger partial charge on any atom is 0.258 e. The number of amides is 1. The second-order valence-electron chi connectivity index (χ2n) is 4.85. The third kappa shape index (κ3) is 3.04. The molecule has 0 bridgehead atoms. The summed E-state index contributed by atoms with van der Waals surface area (Å²) in [7, 11) is 0. The van der Waals surface area contributed by atoms with Crippen LogP contribution in [0.1, 0.15) is 36.0 Å². The molecule has 1 aliphatic heterocycles. The van der Waals surface area contributed by atoms with Crippen molar-refractivity contribution in [3.8, 4) is 5.75 Å². The van der Waals surface area contributed by atoms with Crippen molar-refractivity contribution in [2.45, 2.75) is 31.7 Å². The number of benzene rings is 1. The molecular formula is C14H18FNO3. The van der Waals surface area contributed by atoms with Gasteiger partial charge in [-0.25, -0.2) is 4.39 Å². The Balaban J connectivity index is 2.27. The fraction of sp³-hybridized carbons (Fsp3) is 0.500. The van der Waals surface area contributed by atoms with Gasteiger partial charge in [-0.15, -0.1) is 0 Å². The van der Waals surface area contributed by atoms with Gasteiger partial charge in [0.05, 0.1) is 18.2 Å². The Labute approximate surface area is 111 Å². The van der Waals surface area contributed by atoms with Crippen molar-refractivity contribution >= 4 is 5.91 Å². The number of hydrogen-bond acceptors (Lipinski definition) is 3. The first-order chi connectivity index (χ1) is 9.13. The van der Waals surface area contributed by atoms with Gasteiger partial charge in [-0.05, 0) is 31.0 Å². The molecule has 104 valence electrons. The Morgan fingerprint density at radius 1 is 1.37 bits per heavy atom. The zero-order chi connectivity index (χ0) is 13.8. The van der Waals surface area contributed by atoms with Gasteiger partial charge in [-0.1, -0.05) is 12.8 Å². The van der Waals surface area contributed by atoms with Crippen LogP contribution in [-0.4, -0.2) is 40.2 Å². The summed E-state index contributed by atoms with van der Waals surface area (Å²) in [5.74, 6) is -1.21. The molecule has 19 heavy (non-hydrogen) atoms. The molecule has 1 aromatic carbocycles. The van der Waals surface area contributed by atoms with Gasteiger partial charge in [-0.3, -0.25) is 4.79 Å². The highest BCUT2D eigenvalue weighted by Gasteiger charge is 2.27. The van der Waals surface area contributed by atoms with E-state index in [2.05, 4.69) is 0 Å². The summed E-state index contributed by atoms with van der Waals surface area (Å²) in [4.78, 5) is 13.9. The van der Waals surface area contributed by atoms with Crippen LogP contribution in [0.2, 0.25) is 0 Å². The van der Waals surface area contributed by atoms with Crippen LogP contribution in [0.4, 0.5) is 4.39 Å². The summed E-state index contributed by atoms with van der Waals surface area (Å²) in [5.41, 5.74) is -0.0413. The molecule has 5 heteroatoms. The van der Waals surface area contributed by atoms with Crippen molar-refractivity contribution < 1.29 is 19.4 Å². The topological polar surface area (TPSA) is 60.8 Å². The maximum absolute atomic E-state index is 13.2. The molecule has 0 saturated carbocycles. The minimum atomic E-state index is -0.559. The van der Waals surface area contributed by atoms with Gasteiger partial charge in [0, 0.05) is 6.54 Å². The lowest BCUT2D eigenvalue weighted by Crippen LogP contribution is -2.42. The average molecular weight is 267 g/mol. The highest BCUT2D eigenvalue weighted by molar-refractivity contribution is 5.97. The number of aromatic hydroxyl groups is 1. The third-order valence-electron chi connectivity index (χ3n) is 3.54. The molecule has 4 nitrogen and oxygen atoms in total. The van der Waals surface area contributed by atoms with Crippen LogP contribution in [0, 0.1) is 5.82 Å². The quantitative estimate of drug-likeness (QED) is 0.860. The molecule has 0 aromatic heterocycles. The summed E-state index contributed by atoms with van der Waals surface area (Å²) in [6, 6.07) is 3.07. The van der Waals surface area contributed by atoms with E-state index in [1.165, 1.54) is 6.07 Å². The van der Waals surface area contributed by atoms with Crippen LogP contribution in [0.15, 0.2) is 18.2 Å². The van der Waals surface area contributed by atoms with Gasteiger partial charge in [0.25, 0.3) is 5.91 Å². The van der Waals surface area contributed by atoms with Gasteiger partial charge < -0.3 is 15.1 Å². The lowest BCUT2D eigenvalue weighted by Gasteiger charge is -2.28. The lowest BCUT2D eigenvalue weighted by atomic mass is 10.1. The van der Waals surface area contributed by atoms with Crippen LogP contribution in [0.5, 0.6) is 5.75 Å². The molecule has 2 rings (SSSR count). The fourth-order valence-corrected chi connectivity index (χ4v) is 2.47. The first kappa shape index (κ1) is 13.8. The number of halogens is 1. The van der Waals surface area contributed by atoms with Crippen LogP contribution in [-0.2, 0) is 0 Å². The predicted molar refractivity (Wildman–Crippen MR) is 68.4 cm³/mol. The summed E-state index contributed by atoms with van der Waals surface area (Å²) < 4.78 is 13.2. The van der Waals surface area contributed by atoms with E-state index in [1.54, 1.807) is 4.90 Å². The molecule has 1 unspecified atom stereocenters. The largest absolute Gasteiger partial charge is 0.507 e. The van der Waals surface area contributed by atoms with Crippen molar-refractivity contribution in [3.63, 3.8) is 0 Å². The SMILES string of the molecule is O=C(c1cc(F)ccc1O)N1CCCCCC1CO. The first-order valence-corrected chi connectivity index (χ1v) is 6.54. The van der Waals surface area contributed by atoms with E-state index in [1.807, 2.05) is 0 Å². The summed E-state index contributed by atoms with van der Waals surface area (Å²) in [5, 5.41) is 19.1. The molecule has 1 amide bonds. The van der Waals surface area contributed by atoms with Crippen molar-refractivity contribution in [2.75, 3.05) is 13.2 Å². The van der Waals surface area contributed by atoms with Crippen LogP contribution in [0.25, 0.3) is 0 Å². The Kier molecular flexibility index (Phi) is 4.37. The number of aliphatic hydroxyl groups is 1. The molecule has 1 aromatic rings. The molecule has 0 aliphatic carbocycles. The molecule has 1 aliphatic rings. The first-order valence-electron chi connectivity index (χ1n) is 6.54. The van der Waals surface area contributed by atoms with E-state index in [0.29, 0.717) is 6.54 Å². The Bertz CT molecular complexity index is 464. The second kappa shape index (κ2) is 6.02. The van der Waals surface area contributed by atoms with Gasteiger partial charge in [0.15, 0.2) is 0 Å². The van der Waals surface area contributed by atoms with Gasteiger partial charge in [0.1, 0.15) is 11.6 Å². The number of rotatable bonds is 2. The maximum atomic E-state index is 13.2. The van der Waals surface area contributed by atoms with E-state index < -0.39 is 11.7 Å². The average Bonchev–Trinajstić information content (AvgIpc) is 2.65. The van der Waals surface area contributed by atoms with E-state index >= 15 is 0 Å². The summed E-state index contributed by atoms with van der Waals surface area (Å²) in [6.45, 7) is 0.418. The van der Waals surface area contributed by atoms with E-state index in [0.717, 1.165) is 37.8 Å². The number of phenolic OH excluding ortho intramolecular Hbond substituents is 1. The monoisotopic (exact) mass is 267 g/mol. The summed E-state index contributed by atoms with van der Waals surface area (Å²) >= 11 is 0. The standard InChI is InChI=1S/C14H18FNO3/c15-10-5-6-13(18)12(8-10)14(19)16-7-3-1-2-4-11(16)9-17/h5-6,8,11,17-18H,1-4,7,9H2. The predicted octanol–water partition coefficient (Wildman–Crippen LogP) is 1.91. The van der Waals surface area contributed by atoms with E-state index in [9.17, 15) is 19.4 Å². The number of carbonyl (C=O) groups is 1. The number of aliphatic hydroxyl groups excluding tert-OH is 1. The van der Waals surface area contributed by atoms with Crippen molar-refractivity contribution in [1.29, 1.82) is 0 Å². The zero-order valence-corrected chi connectivity index (χ0v) is 10.7. The number of likely N-dealkylation sites (tertiary alicyclic amines) is 1. The van der Waals surface area contributed by atoms with Crippen molar-refractivity contribution in [2.24, 2.45) is 0 Å². The minimum absolute atomic E-state index is 0.0413. The van der Waals surface area contributed by atoms with Crippen LogP contribution >= 0.6 is 0 Å². The third-order valence-corrected chi connectivity index (χ3v) is 3.54. The highest BCUT2D eigenvalue weighted by Crippen LogP contribution is 2.24. The van der Waals surface area contributed by atoms with Crippen LogP contribution in [0.3, 0.4) is 0 Å². The smallest absolute Gasteiger partial charge is 0.258 e. The van der Waals surface area contributed by atoms with Gasteiger partial charge >= 0.3 is 0 Å². The zero-order valence-electron chi connectivity index (χ0n) is 10.7. The molecule has 1 fully saturated rings. The summed E-state index contributed by atoms with van der Waals surface area (Å²) in [6.07, 6.45) is 3.57. The number of hydrogen-bond donors (Lipinski definition) is 2. The Hall–Kier alpha value is -1.62. The van der Waals surface area contributed by atoms with Crippen molar-refractivity contribution in [1.82, 2.24) is 4.90 Å². The fourth-order valence-electron chi connectivity index (χ4n) is 2.47. The molecule has 0 radical (unpaired) electrons. The number of phenols is 1. The molecule has 1 heterocycles. The number of nitrogens with zero attached hydrogens (tertiary/aromatic N) is 1. The van der Waals surface area contributed by atoms with E-state index in [-0.39, 0.29) is 24.0 Å². The molecule has 1 atom stereocenters. The van der Waals surface area contributed by atoms with Gasteiger partial charge in [0.2, 0.25) is 0 Å². The Morgan fingerprint density at radius 3 is 2.89 bits per heavy atom. The normalized spacial score (nSPS) is 20.1. The number of carbonyl (C=O) groups excluding carboxylic acids is 1. The Morgan fingerprint density at radius 2 is 2.16 bits per heavy atom. The molecule has 0 spiro atoms. The van der Waals surface area contributed by atoms with Crippen molar-refractivity contribution in [3.05, 3.63) is 29.6 Å². The molecular weight excluding hydrogens is 249 g/mol. The highest BCUT2D eigenvalue weighted by atomic mass is 19.1. The van der Waals surface area contributed by atoms with E-state index in [4.69, 9.17) is 0 Å². The lowest BCUT2D eigenvalue weighted by molar-refractivity contribution is 0.0596. The minimum Gasteiger partial charge on any atom is -0.507 e. The molecule has 1 saturated heterocycles. The second-order valence-corrected chi connectivity index (χ2v) is 4.85. The van der Waals surface area contributed by atoms with Crippen LogP contribution < -0.4 is 0 Å². The molecule has 2 N–H and O–H groups in total. The van der Waals surface area contributed by atoms with Gasteiger partial charge in [-0.2, -0.15) is 0 Å².